The first-order chi connectivity index (χ1) is 19.7. The van der Waals surface area contributed by atoms with Crippen molar-refractivity contribution in [3.05, 3.63) is 12.7 Å². The molecule has 0 amide bonds. The van der Waals surface area contributed by atoms with Gasteiger partial charge in [-0.05, 0) is 12.8 Å². The molecule has 0 bridgehead atoms. The number of ether oxygens (including phenoxy) is 1. The number of carbonyl (C=O) groups is 1. The van der Waals surface area contributed by atoms with Gasteiger partial charge in [0, 0.05) is 12.5 Å². The molecule has 0 aliphatic heterocycles. The number of halogens is 21. The van der Waals surface area contributed by atoms with E-state index in [2.05, 4.69) is 11.3 Å². The second-order valence-electron chi connectivity index (χ2n) is 9.39. The molecule has 0 aliphatic carbocycles. The molecule has 268 valence electrons. The van der Waals surface area contributed by atoms with Crippen LogP contribution in [0.4, 0.5) is 92.2 Å². The SMILES string of the molecule is C=CC(=O)OCCCCCCCCCC(F)(F)C(F)(F)C(F)(F)C(F)(F)C(F)(F)C(F)(F)C(F)(F)C(F)(F)C(F)(F)C(F)(F)F. The fraction of sp³-hybridized carbons (Fsp3) is 0.864. The Morgan fingerprint density at radius 1 is 0.444 bits per heavy atom. The zero-order chi connectivity index (χ0) is 36.4. The molecular formula is C22H21F21O2. The van der Waals surface area contributed by atoms with Crippen LogP contribution in [0.15, 0.2) is 12.7 Å². The molecule has 0 rings (SSSR count). The van der Waals surface area contributed by atoms with Crippen LogP contribution in [0.3, 0.4) is 0 Å². The Bertz CT molecular complexity index is 999. The second-order valence-corrected chi connectivity index (χ2v) is 9.39. The summed E-state index contributed by atoms with van der Waals surface area (Å²) in [6, 6.07) is 0. The van der Waals surface area contributed by atoms with Gasteiger partial charge in [-0.15, -0.1) is 0 Å². The van der Waals surface area contributed by atoms with E-state index in [0.29, 0.717) is 6.42 Å². The molecule has 0 spiro atoms. The summed E-state index contributed by atoms with van der Waals surface area (Å²) in [5, 5.41) is 0. The second kappa shape index (κ2) is 13.5. The van der Waals surface area contributed by atoms with Crippen LogP contribution in [0, 0.1) is 0 Å². The molecule has 0 unspecified atom stereocenters. The molecule has 0 atom stereocenters. The van der Waals surface area contributed by atoms with Crippen LogP contribution >= 0.6 is 0 Å². The van der Waals surface area contributed by atoms with Crippen LogP contribution in [0.1, 0.15) is 51.4 Å². The third-order valence-corrected chi connectivity index (χ3v) is 6.12. The van der Waals surface area contributed by atoms with Crippen LogP contribution in [-0.4, -0.2) is 72.1 Å². The van der Waals surface area contributed by atoms with Crippen LogP contribution in [-0.2, 0) is 9.53 Å². The smallest absolute Gasteiger partial charge is 0.460 e. The van der Waals surface area contributed by atoms with Crippen molar-refractivity contribution in [3.8, 4) is 0 Å². The highest BCUT2D eigenvalue weighted by atomic mass is 19.4. The van der Waals surface area contributed by atoms with Crippen molar-refractivity contribution < 1.29 is 102 Å². The fourth-order valence-corrected chi connectivity index (χ4v) is 3.31. The van der Waals surface area contributed by atoms with E-state index >= 15 is 0 Å². The van der Waals surface area contributed by atoms with E-state index in [-0.39, 0.29) is 32.3 Å². The summed E-state index contributed by atoms with van der Waals surface area (Å²) in [4.78, 5) is 10.8. The lowest BCUT2D eigenvalue weighted by Gasteiger charge is -2.44. The van der Waals surface area contributed by atoms with E-state index in [1.165, 1.54) is 0 Å². The lowest BCUT2D eigenvalue weighted by Crippen LogP contribution is -2.76. The van der Waals surface area contributed by atoms with E-state index in [1.807, 2.05) is 0 Å². The van der Waals surface area contributed by atoms with Crippen molar-refractivity contribution in [2.45, 2.75) is 111 Å². The molecule has 0 aromatic heterocycles. The minimum absolute atomic E-state index is 0.0594. The number of carbonyl (C=O) groups excluding carboxylic acids is 1. The van der Waals surface area contributed by atoms with E-state index < -0.39 is 84.7 Å². The average Bonchev–Trinajstić information content (AvgIpc) is 2.87. The van der Waals surface area contributed by atoms with Crippen molar-refractivity contribution in [2.75, 3.05) is 6.61 Å². The molecule has 45 heavy (non-hydrogen) atoms. The Labute approximate surface area is 238 Å². The number of hydrogen-bond acceptors (Lipinski definition) is 2. The van der Waals surface area contributed by atoms with Crippen LogP contribution < -0.4 is 0 Å². The van der Waals surface area contributed by atoms with Gasteiger partial charge in [0.2, 0.25) is 0 Å². The molecule has 0 saturated carbocycles. The third-order valence-electron chi connectivity index (χ3n) is 6.12. The minimum Gasteiger partial charge on any atom is -0.463 e. The molecule has 0 aliphatic rings. The maximum Gasteiger partial charge on any atom is 0.460 e. The summed E-state index contributed by atoms with van der Waals surface area (Å²) >= 11 is 0. The van der Waals surface area contributed by atoms with Crippen molar-refractivity contribution in [3.63, 3.8) is 0 Å². The number of hydrogen-bond donors (Lipinski definition) is 0. The summed E-state index contributed by atoms with van der Waals surface area (Å²) in [6.45, 7) is 3.04. The number of rotatable bonds is 19. The van der Waals surface area contributed by atoms with Gasteiger partial charge in [0.1, 0.15) is 0 Å². The van der Waals surface area contributed by atoms with Crippen LogP contribution in [0.25, 0.3) is 0 Å². The topological polar surface area (TPSA) is 26.3 Å². The first-order valence-electron chi connectivity index (χ1n) is 12.0. The Hall–Kier alpha value is -2.26. The molecule has 0 radical (unpaired) electrons. The standard InChI is InChI=1S/C22H21F21O2/c1-2-12(44)45-11-9-7-5-3-4-6-8-10-13(23,24)14(25,26)15(27,28)16(29,30)17(31,32)18(33,34)19(35,36)20(37,38)21(39,40)22(41,42)43/h2H,1,3-11H2. The minimum atomic E-state index is -9.16. The number of alkyl halides is 21. The molecular weight excluding hydrogens is 695 g/mol. The molecule has 0 saturated heterocycles. The van der Waals surface area contributed by atoms with Crippen LogP contribution in [0.5, 0.6) is 0 Å². The number of unbranched alkanes of at least 4 members (excludes halogenated alkanes) is 6. The highest BCUT2D eigenvalue weighted by Gasteiger charge is 2.97. The van der Waals surface area contributed by atoms with Crippen molar-refractivity contribution in [1.82, 2.24) is 0 Å². The van der Waals surface area contributed by atoms with Gasteiger partial charge in [-0.1, -0.05) is 38.7 Å². The molecule has 0 aromatic rings. The van der Waals surface area contributed by atoms with E-state index in [9.17, 15) is 97.0 Å². The molecule has 23 heteroatoms. The Morgan fingerprint density at radius 2 is 0.733 bits per heavy atom. The normalized spacial score (nSPS) is 15.3. The lowest BCUT2D eigenvalue weighted by atomic mass is 9.85. The third kappa shape index (κ3) is 7.34. The van der Waals surface area contributed by atoms with Gasteiger partial charge in [0.15, 0.2) is 0 Å². The van der Waals surface area contributed by atoms with Crippen molar-refractivity contribution in [2.24, 2.45) is 0 Å². The van der Waals surface area contributed by atoms with Crippen molar-refractivity contribution in [1.29, 1.82) is 0 Å². The Morgan fingerprint density at radius 3 is 1.07 bits per heavy atom. The van der Waals surface area contributed by atoms with Gasteiger partial charge in [-0.3, -0.25) is 0 Å². The quantitative estimate of drug-likeness (QED) is 0.0576. The fourth-order valence-electron chi connectivity index (χ4n) is 3.31. The zero-order valence-corrected chi connectivity index (χ0v) is 21.9. The van der Waals surface area contributed by atoms with Gasteiger partial charge in [-0.25, -0.2) is 4.79 Å². The molecule has 0 N–H and O–H groups in total. The zero-order valence-electron chi connectivity index (χ0n) is 21.9. The van der Waals surface area contributed by atoms with Crippen molar-refractivity contribution >= 4 is 5.97 Å². The number of esters is 1. The van der Waals surface area contributed by atoms with Gasteiger partial charge >= 0.3 is 65.4 Å². The Kier molecular flexibility index (Phi) is 12.8. The summed E-state index contributed by atoms with van der Waals surface area (Å²) in [5.74, 6) is -77.3. The predicted octanol–water partition coefficient (Wildman–Crippen LogP) is 10.1. The summed E-state index contributed by atoms with van der Waals surface area (Å²) in [6.07, 6.45) is -10.7. The first-order valence-corrected chi connectivity index (χ1v) is 12.0. The average molecular weight is 716 g/mol. The lowest BCUT2D eigenvalue weighted by molar-refractivity contribution is -0.474. The van der Waals surface area contributed by atoms with Gasteiger partial charge in [0.05, 0.1) is 6.61 Å². The molecule has 0 fully saturated rings. The molecule has 0 heterocycles. The van der Waals surface area contributed by atoms with Gasteiger partial charge in [-0.2, -0.15) is 92.2 Å². The maximum atomic E-state index is 13.9. The van der Waals surface area contributed by atoms with E-state index in [0.717, 1.165) is 6.08 Å². The summed E-state index contributed by atoms with van der Waals surface area (Å²) in [5.41, 5.74) is 0. The van der Waals surface area contributed by atoms with E-state index in [1.54, 1.807) is 0 Å². The summed E-state index contributed by atoms with van der Waals surface area (Å²) in [7, 11) is 0. The first kappa shape index (κ1) is 42.7. The van der Waals surface area contributed by atoms with Gasteiger partial charge in [0.25, 0.3) is 0 Å². The summed E-state index contributed by atoms with van der Waals surface area (Å²) < 4.78 is 285. The Balaban J connectivity index is 5.91. The monoisotopic (exact) mass is 716 g/mol. The van der Waals surface area contributed by atoms with Crippen LogP contribution in [0.2, 0.25) is 0 Å². The molecule has 2 nitrogen and oxygen atoms in total. The predicted molar refractivity (Wildman–Crippen MR) is 109 cm³/mol. The highest BCUT2D eigenvalue weighted by molar-refractivity contribution is 5.81. The highest BCUT2D eigenvalue weighted by Crippen LogP contribution is 2.66. The van der Waals surface area contributed by atoms with E-state index in [4.69, 9.17) is 0 Å². The molecule has 0 aromatic carbocycles. The largest absolute Gasteiger partial charge is 0.463 e. The maximum absolute atomic E-state index is 13.9. The van der Waals surface area contributed by atoms with Gasteiger partial charge < -0.3 is 4.74 Å².